The summed E-state index contributed by atoms with van der Waals surface area (Å²) < 4.78 is 16.0. The number of nitrogens with one attached hydrogen (secondary N) is 1. The number of amides is 2. The maximum absolute atomic E-state index is 14.4. The van der Waals surface area contributed by atoms with Crippen LogP contribution in [0.2, 0.25) is 0 Å². The number of aliphatic hydroxyl groups excluding tert-OH is 2. The van der Waals surface area contributed by atoms with Crippen LogP contribution in [-0.2, 0) is 9.59 Å². The van der Waals surface area contributed by atoms with Crippen molar-refractivity contribution in [2.75, 3.05) is 6.54 Å². The molecule has 2 saturated carbocycles. The van der Waals surface area contributed by atoms with Crippen molar-refractivity contribution in [1.29, 1.82) is 0 Å². The van der Waals surface area contributed by atoms with Gasteiger partial charge in [-0.1, -0.05) is 38.1 Å². The molecule has 9 nitrogen and oxygen atoms in total. The van der Waals surface area contributed by atoms with Crippen molar-refractivity contribution < 1.29 is 24.2 Å². The number of nitrogens with zero attached hydrogens (tertiary/aromatic N) is 4. The van der Waals surface area contributed by atoms with Crippen molar-refractivity contribution in [1.82, 2.24) is 25.2 Å². The van der Waals surface area contributed by atoms with E-state index in [1.54, 1.807) is 23.7 Å². The molecule has 206 valence electrons. The summed E-state index contributed by atoms with van der Waals surface area (Å²) in [7, 11) is 0. The van der Waals surface area contributed by atoms with Crippen molar-refractivity contribution in [3.05, 3.63) is 47.0 Å². The highest BCUT2D eigenvalue weighted by Crippen LogP contribution is 2.41. The van der Waals surface area contributed by atoms with E-state index in [1.165, 1.54) is 11.0 Å². The van der Waals surface area contributed by atoms with Crippen LogP contribution in [0.1, 0.15) is 87.7 Å². The maximum atomic E-state index is 14.4. The van der Waals surface area contributed by atoms with E-state index in [2.05, 4.69) is 15.6 Å². The minimum atomic E-state index is -0.932. The van der Waals surface area contributed by atoms with Crippen LogP contribution in [0.4, 0.5) is 4.39 Å². The van der Waals surface area contributed by atoms with E-state index in [1.807, 2.05) is 27.0 Å². The van der Waals surface area contributed by atoms with Gasteiger partial charge in [-0.2, -0.15) is 0 Å². The fourth-order valence-corrected chi connectivity index (χ4v) is 5.45. The van der Waals surface area contributed by atoms with Gasteiger partial charge in [0, 0.05) is 25.1 Å². The summed E-state index contributed by atoms with van der Waals surface area (Å²) in [5, 5.41) is 33.0. The van der Waals surface area contributed by atoms with Crippen molar-refractivity contribution in [3.63, 3.8) is 0 Å². The predicted octanol–water partition coefficient (Wildman–Crippen LogP) is 2.78. The van der Waals surface area contributed by atoms with Gasteiger partial charge in [-0.25, -0.2) is 9.07 Å². The van der Waals surface area contributed by atoms with Gasteiger partial charge in [0.1, 0.15) is 17.9 Å². The summed E-state index contributed by atoms with van der Waals surface area (Å²) in [6.07, 6.45) is 3.95. The Balaban J connectivity index is 1.39. The molecular formula is C28H38FN5O4. The molecule has 2 unspecified atom stereocenters. The Labute approximate surface area is 222 Å². The summed E-state index contributed by atoms with van der Waals surface area (Å²) in [5.74, 6) is -0.806. The highest BCUT2D eigenvalue weighted by molar-refractivity contribution is 5.90. The number of carbonyl (C=O) groups is 2. The van der Waals surface area contributed by atoms with E-state index in [4.69, 9.17) is 0 Å². The third-order valence-electron chi connectivity index (χ3n) is 8.01. The molecule has 1 saturated heterocycles. The second-order valence-corrected chi connectivity index (χ2v) is 12.4. The first-order valence-corrected chi connectivity index (χ1v) is 13.6. The molecule has 3 aliphatic rings. The largest absolute Gasteiger partial charge is 0.391 e. The number of aliphatic hydroxyl groups is 2. The molecule has 2 heterocycles. The van der Waals surface area contributed by atoms with Gasteiger partial charge in [0.15, 0.2) is 0 Å². The Morgan fingerprint density at radius 3 is 2.50 bits per heavy atom. The number of aryl methyl sites for hydroxylation is 1. The summed E-state index contributed by atoms with van der Waals surface area (Å²) in [5.41, 5.74) is 1.27. The van der Waals surface area contributed by atoms with Crippen LogP contribution in [0.25, 0.3) is 0 Å². The van der Waals surface area contributed by atoms with E-state index in [9.17, 15) is 24.2 Å². The van der Waals surface area contributed by atoms with Crippen LogP contribution in [0.5, 0.6) is 0 Å². The molecule has 0 radical (unpaired) electrons. The van der Waals surface area contributed by atoms with Crippen molar-refractivity contribution in [2.45, 2.75) is 96.1 Å². The number of hydrogen-bond donors (Lipinski definition) is 3. The smallest absolute Gasteiger partial charge is 0.248 e. The third-order valence-corrected chi connectivity index (χ3v) is 8.01. The first kappa shape index (κ1) is 26.7. The lowest BCUT2D eigenvalue weighted by Gasteiger charge is -2.35. The van der Waals surface area contributed by atoms with Gasteiger partial charge in [-0.05, 0) is 61.1 Å². The Morgan fingerprint density at radius 1 is 1.18 bits per heavy atom. The number of benzene rings is 1. The number of β-amino-alcohol motifs (C(OH)–C–C–N with tert-alkyl or cyclic N) is 1. The second-order valence-electron chi connectivity index (χ2n) is 12.4. The fourth-order valence-electron chi connectivity index (χ4n) is 5.45. The predicted molar refractivity (Wildman–Crippen MR) is 137 cm³/mol. The zero-order valence-corrected chi connectivity index (χ0v) is 22.5. The third kappa shape index (κ3) is 5.47. The Bertz CT molecular complexity index is 1200. The summed E-state index contributed by atoms with van der Waals surface area (Å²) >= 11 is 0. The summed E-state index contributed by atoms with van der Waals surface area (Å²) in [6.45, 7) is 7.47. The molecule has 5 atom stereocenters. The van der Waals surface area contributed by atoms with Gasteiger partial charge in [0.2, 0.25) is 11.8 Å². The van der Waals surface area contributed by atoms with E-state index in [-0.39, 0.29) is 24.8 Å². The van der Waals surface area contributed by atoms with Gasteiger partial charge in [0.25, 0.3) is 0 Å². The Kier molecular flexibility index (Phi) is 7.06. The number of likely N-dealkylation sites (tertiary alicyclic amines) is 1. The number of rotatable bonds is 8. The highest BCUT2D eigenvalue weighted by atomic mass is 19.1. The van der Waals surface area contributed by atoms with Crippen LogP contribution in [0.15, 0.2) is 24.4 Å². The van der Waals surface area contributed by atoms with Crippen molar-refractivity contribution in [3.8, 4) is 0 Å². The SMILES string of the molecule is Cc1ccc(C(NC(=O)[C@@H]2C[C@@H](O)CN2C(=O)[C@@H](n2cc(C3CC3)nn2)C(C)(C)C)C(O)C2CC2)cc1F. The minimum Gasteiger partial charge on any atom is -0.391 e. The lowest BCUT2D eigenvalue weighted by atomic mass is 9.85. The van der Waals surface area contributed by atoms with Crippen LogP contribution >= 0.6 is 0 Å². The van der Waals surface area contributed by atoms with Crippen molar-refractivity contribution in [2.24, 2.45) is 11.3 Å². The van der Waals surface area contributed by atoms with Gasteiger partial charge in [-0.3, -0.25) is 9.59 Å². The van der Waals surface area contributed by atoms with Gasteiger partial charge in [0.05, 0.1) is 23.9 Å². The van der Waals surface area contributed by atoms with Gasteiger partial charge < -0.3 is 20.4 Å². The standard InChI is InChI=1S/C28H38FN5O4/c1-15-5-6-18(11-20(15)29)23(24(36)17-9-10-17)30-26(37)22-12-19(35)13-33(22)27(38)25(28(2,3)4)34-14-21(31-32-34)16-7-8-16/h5-6,11,14,16-17,19,22-25,35-36H,7-10,12-13H2,1-4H3,(H,30,37)/t19-,22+,23?,24?,25-/m1/s1. The average molecular weight is 528 g/mol. The lowest BCUT2D eigenvalue weighted by molar-refractivity contribution is -0.144. The molecule has 1 aromatic heterocycles. The topological polar surface area (TPSA) is 121 Å². The van der Waals surface area contributed by atoms with Crippen LogP contribution in [-0.4, -0.2) is 66.7 Å². The Hall–Kier alpha value is -2.85. The highest BCUT2D eigenvalue weighted by Gasteiger charge is 2.46. The summed E-state index contributed by atoms with van der Waals surface area (Å²) in [6, 6.07) is 2.20. The second kappa shape index (κ2) is 10.0. The molecule has 2 aromatic rings. The lowest BCUT2D eigenvalue weighted by Crippen LogP contribution is -2.52. The molecule has 0 bridgehead atoms. The molecule has 1 aromatic carbocycles. The van der Waals surface area contributed by atoms with E-state index in [0.717, 1.165) is 31.4 Å². The van der Waals surface area contributed by atoms with E-state index < -0.39 is 47.5 Å². The number of hydrogen-bond acceptors (Lipinski definition) is 6. The van der Waals surface area contributed by atoms with Crippen LogP contribution < -0.4 is 5.32 Å². The molecule has 38 heavy (non-hydrogen) atoms. The monoisotopic (exact) mass is 527 g/mol. The number of aromatic nitrogens is 3. The number of halogens is 1. The minimum absolute atomic E-state index is 0.0166. The van der Waals surface area contributed by atoms with E-state index in [0.29, 0.717) is 17.0 Å². The zero-order chi connectivity index (χ0) is 27.4. The molecule has 5 rings (SSSR count). The van der Waals surface area contributed by atoms with Crippen LogP contribution in [0.3, 0.4) is 0 Å². The molecule has 10 heteroatoms. The van der Waals surface area contributed by atoms with Gasteiger partial charge >= 0.3 is 0 Å². The quantitative estimate of drug-likeness (QED) is 0.486. The molecule has 2 aliphatic carbocycles. The fraction of sp³-hybridized carbons (Fsp3) is 0.643. The normalized spacial score (nSPS) is 24.2. The Morgan fingerprint density at radius 2 is 1.89 bits per heavy atom. The maximum Gasteiger partial charge on any atom is 0.248 e. The molecule has 3 N–H and O–H groups in total. The molecular weight excluding hydrogens is 489 g/mol. The zero-order valence-electron chi connectivity index (χ0n) is 22.5. The molecule has 1 aliphatic heterocycles. The molecule has 2 amide bonds. The number of carbonyl (C=O) groups excluding carboxylic acids is 2. The van der Waals surface area contributed by atoms with Crippen molar-refractivity contribution >= 4 is 11.8 Å². The first-order valence-electron chi connectivity index (χ1n) is 13.6. The first-order chi connectivity index (χ1) is 17.9. The average Bonchev–Trinajstić information content (AvgIpc) is 3.78. The van der Waals surface area contributed by atoms with Crippen LogP contribution in [0, 0.1) is 24.1 Å². The van der Waals surface area contributed by atoms with Gasteiger partial charge in [-0.15, -0.1) is 5.10 Å². The van der Waals surface area contributed by atoms with E-state index >= 15 is 0 Å². The summed E-state index contributed by atoms with van der Waals surface area (Å²) in [4.78, 5) is 29.0. The molecule has 0 spiro atoms. The molecule has 3 fully saturated rings.